The first-order valence-electron chi connectivity index (χ1n) is 5.22. The summed E-state index contributed by atoms with van der Waals surface area (Å²) >= 11 is 1.29. The van der Waals surface area contributed by atoms with Crippen molar-refractivity contribution in [2.75, 3.05) is 7.11 Å². The summed E-state index contributed by atoms with van der Waals surface area (Å²) in [4.78, 5) is 16.5. The standard InChI is InChI=1S/C13H10N2O2S/c1-8-15-11(12(18-8)13(16)17-2)10-5-3-4-9(6-10)7-14/h3-6H,1-2H3. The van der Waals surface area contributed by atoms with E-state index in [2.05, 4.69) is 11.1 Å². The summed E-state index contributed by atoms with van der Waals surface area (Å²) in [6.07, 6.45) is 0. The quantitative estimate of drug-likeness (QED) is 0.777. The van der Waals surface area contributed by atoms with E-state index in [9.17, 15) is 4.79 Å². The van der Waals surface area contributed by atoms with Crippen LogP contribution < -0.4 is 0 Å². The molecule has 0 N–H and O–H groups in total. The van der Waals surface area contributed by atoms with E-state index >= 15 is 0 Å². The van der Waals surface area contributed by atoms with E-state index in [-0.39, 0.29) is 0 Å². The minimum atomic E-state index is -0.405. The Bertz CT molecular complexity index is 641. The van der Waals surface area contributed by atoms with Crippen LogP contribution in [0.1, 0.15) is 20.2 Å². The van der Waals surface area contributed by atoms with Gasteiger partial charge in [-0.05, 0) is 19.1 Å². The number of esters is 1. The average molecular weight is 258 g/mol. The third-order valence-electron chi connectivity index (χ3n) is 2.37. The number of nitriles is 1. The van der Waals surface area contributed by atoms with Gasteiger partial charge >= 0.3 is 5.97 Å². The van der Waals surface area contributed by atoms with Gasteiger partial charge in [0.1, 0.15) is 4.88 Å². The lowest BCUT2D eigenvalue weighted by Gasteiger charge is -2.01. The van der Waals surface area contributed by atoms with Crippen molar-refractivity contribution in [1.29, 1.82) is 5.26 Å². The van der Waals surface area contributed by atoms with Gasteiger partial charge in [0.05, 0.1) is 29.4 Å². The molecule has 1 aromatic carbocycles. The van der Waals surface area contributed by atoms with Crippen molar-refractivity contribution in [2.24, 2.45) is 0 Å². The number of hydrogen-bond donors (Lipinski definition) is 0. The van der Waals surface area contributed by atoms with Crippen molar-refractivity contribution in [3.63, 3.8) is 0 Å². The molecule has 90 valence electrons. The Morgan fingerprint density at radius 3 is 2.94 bits per heavy atom. The third-order valence-corrected chi connectivity index (χ3v) is 3.32. The molecule has 0 saturated carbocycles. The van der Waals surface area contributed by atoms with Crippen LogP contribution in [0.5, 0.6) is 0 Å². The van der Waals surface area contributed by atoms with E-state index in [1.807, 2.05) is 13.0 Å². The van der Waals surface area contributed by atoms with Crippen LogP contribution in [0, 0.1) is 18.3 Å². The number of hydrogen-bond acceptors (Lipinski definition) is 5. The molecule has 2 rings (SSSR count). The highest BCUT2D eigenvalue weighted by atomic mass is 32.1. The molecule has 0 spiro atoms. The van der Waals surface area contributed by atoms with Gasteiger partial charge < -0.3 is 4.74 Å². The molecule has 0 aliphatic heterocycles. The van der Waals surface area contributed by atoms with Gasteiger partial charge in [-0.25, -0.2) is 9.78 Å². The average Bonchev–Trinajstić information content (AvgIpc) is 2.80. The lowest BCUT2D eigenvalue weighted by Crippen LogP contribution is -2.00. The number of methoxy groups -OCH3 is 1. The Balaban J connectivity index is 2.56. The lowest BCUT2D eigenvalue weighted by atomic mass is 10.1. The highest BCUT2D eigenvalue weighted by Gasteiger charge is 2.18. The highest BCUT2D eigenvalue weighted by Crippen LogP contribution is 2.29. The van der Waals surface area contributed by atoms with E-state index in [4.69, 9.17) is 10.00 Å². The molecule has 0 atom stereocenters. The van der Waals surface area contributed by atoms with Gasteiger partial charge in [-0.15, -0.1) is 11.3 Å². The van der Waals surface area contributed by atoms with Gasteiger partial charge in [-0.3, -0.25) is 0 Å². The largest absolute Gasteiger partial charge is 0.465 e. The number of carbonyl (C=O) groups is 1. The van der Waals surface area contributed by atoms with E-state index in [0.29, 0.717) is 16.1 Å². The zero-order valence-electron chi connectivity index (χ0n) is 9.93. The molecule has 0 bridgehead atoms. The zero-order valence-corrected chi connectivity index (χ0v) is 10.7. The fourth-order valence-corrected chi connectivity index (χ4v) is 2.45. The van der Waals surface area contributed by atoms with Crippen LogP contribution in [0.25, 0.3) is 11.3 Å². The van der Waals surface area contributed by atoms with Crippen molar-refractivity contribution in [3.05, 3.63) is 39.7 Å². The molecule has 0 radical (unpaired) electrons. The first-order chi connectivity index (χ1) is 8.65. The zero-order chi connectivity index (χ0) is 13.1. The van der Waals surface area contributed by atoms with E-state index in [0.717, 1.165) is 10.6 Å². The predicted octanol–water partition coefficient (Wildman–Crippen LogP) is 2.78. The third kappa shape index (κ3) is 2.24. The fraction of sp³-hybridized carbons (Fsp3) is 0.154. The van der Waals surface area contributed by atoms with Crippen molar-refractivity contribution < 1.29 is 9.53 Å². The molecule has 0 aliphatic rings. The molecule has 1 aromatic heterocycles. The van der Waals surface area contributed by atoms with Gasteiger partial charge in [0.25, 0.3) is 0 Å². The molecule has 18 heavy (non-hydrogen) atoms. The highest BCUT2D eigenvalue weighted by molar-refractivity contribution is 7.14. The van der Waals surface area contributed by atoms with Crippen LogP contribution in [0.15, 0.2) is 24.3 Å². The summed E-state index contributed by atoms with van der Waals surface area (Å²) in [5.74, 6) is -0.405. The summed E-state index contributed by atoms with van der Waals surface area (Å²) in [6.45, 7) is 1.83. The Morgan fingerprint density at radius 2 is 2.28 bits per heavy atom. The monoisotopic (exact) mass is 258 g/mol. The fourth-order valence-electron chi connectivity index (χ4n) is 1.59. The maximum atomic E-state index is 11.7. The van der Waals surface area contributed by atoms with Gasteiger partial charge in [-0.2, -0.15) is 5.26 Å². The maximum Gasteiger partial charge on any atom is 0.350 e. The molecule has 2 aromatic rings. The van der Waals surface area contributed by atoms with Crippen LogP contribution in [-0.2, 0) is 4.74 Å². The van der Waals surface area contributed by atoms with Gasteiger partial charge in [0.2, 0.25) is 0 Å². The molecule has 0 aliphatic carbocycles. The van der Waals surface area contributed by atoms with E-state index in [1.165, 1.54) is 18.4 Å². The Kier molecular flexibility index (Phi) is 3.40. The second kappa shape index (κ2) is 4.98. The topological polar surface area (TPSA) is 63.0 Å². The van der Waals surface area contributed by atoms with Crippen molar-refractivity contribution in [1.82, 2.24) is 4.98 Å². The Morgan fingerprint density at radius 1 is 1.50 bits per heavy atom. The molecular formula is C13H10N2O2S. The number of aryl methyl sites for hydroxylation is 1. The summed E-state index contributed by atoms with van der Waals surface area (Å²) < 4.78 is 4.73. The summed E-state index contributed by atoms with van der Waals surface area (Å²) in [7, 11) is 1.34. The number of thiazole rings is 1. The van der Waals surface area contributed by atoms with Crippen LogP contribution in [0.2, 0.25) is 0 Å². The molecular weight excluding hydrogens is 248 g/mol. The van der Waals surface area contributed by atoms with Crippen LogP contribution in [-0.4, -0.2) is 18.1 Å². The minimum Gasteiger partial charge on any atom is -0.465 e. The number of benzene rings is 1. The van der Waals surface area contributed by atoms with Gasteiger partial charge in [-0.1, -0.05) is 12.1 Å². The molecule has 0 amide bonds. The molecule has 4 nitrogen and oxygen atoms in total. The van der Waals surface area contributed by atoms with Crippen molar-refractivity contribution in [2.45, 2.75) is 6.92 Å². The number of carbonyl (C=O) groups excluding carboxylic acids is 1. The first-order valence-corrected chi connectivity index (χ1v) is 6.03. The van der Waals surface area contributed by atoms with Crippen molar-refractivity contribution >= 4 is 17.3 Å². The van der Waals surface area contributed by atoms with E-state index < -0.39 is 5.97 Å². The maximum absolute atomic E-state index is 11.7. The molecule has 5 heteroatoms. The lowest BCUT2D eigenvalue weighted by molar-refractivity contribution is 0.0607. The molecule has 0 unspecified atom stereocenters. The molecule has 0 saturated heterocycles. The smallest absolute Gasteiger partial charge is 0.350 e. The Labute approximate surface area is 108 Å². The number of nitrogens with zero attached hydrogens (tertiary/aromatic N) is 2. The Hall–Kier alpha value is -2.19. The first kappa shape index (κ1) is 12.3. The second-order valence-corrected chi connectivity index (χ2v) is 4.80. The SMILES string of the molecule is COC(=O)c1sc(C)nc1-c1cccc(C#N)c1. The predicted molar refractivity (Wildman–Crippen MR) is 68.3 cm³/mol. The summed E-state index contributed by atoms with van der Waals surface area (Å²) in [5.41, 5.74) is 1.86. The number of rotatable bonds is 2. The van der Waals surface area contributed by atoms with Gasteiger partial charge in [0.15, 0.2) is 0 Å². The normalized spacial score (nSPS) is 9.83. The summed E-state index contributed by atoms with van der Waals surface area (Å²) in [6, 6.07) is 9.07. The summed E-state index contributed by atoms with van der Waals surface area (Å²) in [5, 5.41) is 9.66. The number of aromatic nitrogens is 1. The van der Waals surface area contributed by atoms with Crippen molar-refractivity contribution in [3.8, 4) is 17.3 Å². The number of ether oxygens (including phenoxy) is 1. The van der Waals surface area contributed by atoms with Crippen LogP contribution in [0.4, 0.5) is 0 Å². The van der Waals surface area contributed by atoms with E-state index in [1.54, 1.807) is 18.2 Å². The second-order valence-electron chi connectivity index (χ2n) is 3.59. The minimum absolute atomic E-state index is 0.405. The van der Waals surface area contributed by atoms with Crippen LogP contribution >= 0.6 is 11.3 Å². The van der Waals surface area contributed by atoms with Gasteiger partial charge in [0, 0.05) is 5.56 Å². The molecule has 1 heterocycles. The molecule has 0 fully saturated rings. The van der Waals surface area contributed by atoms with Crippen LogP contribution in [0.3, 0.4) is 0 Å².